The van der Waals surface area contributed by atoms with Crippen molar-refractivity contribution in [1.82, 2.24) is 14.5 Å². The molecule has 2 aromatic heterocycles. The summed E-state index contributed by atoms with van der Waals surface area (Å²) in [5.74, 6) is 1.56. The van der Waals surface area contributed by atoms with E-state index in [1.54, 1.807) is 17.9 Å². The first-order valence-corrected chi connectivity index (χ1v) is 7.89. The fourth-order valence-electron chi connectivity index (χ4n) is 2.87. The molecule has 0 bridgehead atoms. The van der Waals surface area contributed by atoms with E-state index in [0.717, 1.165) is 27.4 Å². The van der Waals surface area contributed by atoms with Crippen LogP contribution in [0.5, 0.6) is 11.6 Å². The summed E-state index contributed by atoms with van der Waals surface area (Å²) in [6.45, 7) is 0. The van der Waals surface area contributed by atoms with Crippen LogP contribution in [0.4, 0.5) is 5.95 Å². The van der Waals surface area contributed by atoms with Gasteiger partial charge in [0.2, 0.25) is 11.8 Å². The summed E-state index contributed by atoms with van der Waals surface area (Å²) in [7, 11) is 5.43. The van der Waals surface area contributed by atoms with Gasteiger partial charge < -0.3 is 14.7 Å². The molecule has 6 heteroatoms. The second-order valence-electron chi connectivity index (χ2n) is 6.08. The van der Waals surface area contributed by atoms with E-state index in [4.69, 9.17) is 4.74 Å². The van der Waals surface area contributed by atoms with Crippen molar-refractivity contribution >= 4 is 27.6 Å². The quantitative estimate of drug-likeness (QED) is 0.622. The Kier molecular flexibility index (Phi) is 3.46. The Morgan fingerprint density at radius 2 is 1.92 bits per heavy atom. The van der Waals surface area contributed by atoms with Crippen LogP contribution in [0, 0.1) is 0 Å². The molecule has 0 unspecified atom stereocenters. The highest BCUT2D eigenvalue weighted by atomic mass is 16.5. The van der Waals surface area contributed by atoms with Gasteiger partial charge in [0.1, 0.15) is 5.75 Å². The number of hydrogen-bond acceptors (Lipinski definition) is 5. The third kappa shape index (κ3) is 2.52. The molecule has 0 saturated heterocycles. The van der Waals surface area contributed by atoms with Crippen molar-refractivity contribution in [3.05, 3.63) is 48.8 Å². The zero-order valence-electron chi connectivity index (χ0n) is 14.3. The fourth-order valence-corrected chi connectivity index (χ4v) is 2.87. The fraction of sp³-hybridized carbons (Fsp3) is 0.158. The maximum atomic E-state index is 10.6. The molecule has 0 aliphatic heterocycles. The number of aromatic hydroxyl groups is 1. The number of fused-ring (bicyclic) bond motifs is 2. The van der Waals surface area contributed by atoms with Crippen molar-refractivity contribution in [2.24, 2.45) is 0 Å². The van der Waals surface area contributed by atoms with Crippen LogP contribution in [0.3, 0.4) is 0 Å². The van der Waals surface area contributed by atoms with Gasteiger partial charge in [-0.25, -0.2) is 9.97 Å². The molecule has 25 heavy (non-hydrogen) atoms. The Morgan fingerprint density at radius 3 is 2.68 bits per heavy atom. The highest BCUT2D eigenvalue weighted by Gasteiger charge is 2.12. The minimum Gasteiger partial charge on any atom is -0.497 e. The second kappa shape index (κ2) is 5.66. The minimum atomic E-state index is 0.180. The van der Waals surface area contributed by atoms with Crippen LogP contribution in [0.1, 0.15) is 0 Å². The number of hydrogen-bond donors (Lipinski definition) is 1. The normalized spacial score (nSPS) is 11.2. The molecule has 0 fully saturated rings. The lowest BCUT2D eigenvalue weighted by atomic mass is 10.2. The molecular formula is C19H18N4O2. The molecule has 6 nitrogen and oxygen atoms in total. The number of rotatable bonds is 3. The first-order chi connectivity index (χ1) is 12.1. The molecule has 2 aromatic carbocycles. The number of methoxy groups -OCH3 is 1. The Balaban J connectivity index is 1.85. The van der Waals surface area contributed by atoms with Crippen LogP contribution in [0.25, 0.3) is 27.4 Å². The van der Waals surface area contributed by atoms with E-state index in [0.29, 0.717) is 11.7 Å². The van der Waals surface area contributed by atoms with E-state index in [-0.39, 0.29) is 5.88 Å². The van der Waals surface area contributed by atoms with Gasteiger partial charge in [-0.1, -0.05) is 0 Å². The molecule has 0 saturated carbocycles. The van der Waals surface area contributed by atoms with Crippen LogP contribution < -0.4 is 9.64 Å². The maximum absolute atomic E-state index is 10.6. The van der Waals surface area contributed by atoms with Crippen LogP contribution in [-0.2, 0) is 0 Å². The molecule has 126 valence electrons. The zero-order valence-corrected chi connectivity index (χ0v) is 14.3. The van der Waals surface area contributed by atoms with Crippen LogP contribution in [0.2, 0.25) is 0 Å². The van der Waals surface area contributed by atoms with Gasteiger partial charge in [0.15, 0.2) is 0 Å². The lowest BCUT2D eigenvalue weighted by Crippen LogP contribution is -2.12. The van der Waals surface area contributed by atoms with Crippen LogP contribution in [0.15, 0.2) is 48.8 Å². The first kappa shape index (κ1) is 15.3. The molecule has 1 N–H and O–H groups in total. The largest absolute Gasteiger partial charge is 0.497 e. The summed E-state index contributed by atoms with van der Waals surface area (Å²) in [6.07, 6.45) is 3.70. The molecule has 4 aromatic rings. The van der Waals surface area contributed by atoms with Crippen molar-refractivity contribution in [2.75, 3.05) is 26.1 Å². The van der Waals surface area contributed by atoms with Gasteiger partial charge in [-0.15, -0.1) is 0 Å². The van der Waals surface area contributed by atoms with E-state index in [1.807, 2.05) is 61.6 Å². The third-order valence-electron chi connectivity index (χ3n) is 4.23. The molecule has 0 atom stereocenters. The molecule has 0 aliphatic carbocycles. The van der Waals surface area contributed by atoms with Crippen molar-refractivity contribution < 1.29 is 9.84 Å². The standard InChI is InChI=1S/C19H18N4O2/c1-22(2)19-20-10-13-8-14(5-7-17(13)21-19)23-11-12-4-6-15(25-3)9-16(12)18(23)24/h4-11,24H,1-3H3. The van der Waals surface area contributed by atoms with Gasteiger partial charge >= 0.3 is 0 Å². The van der Waals surface area contributed by atoms with Crippen molar-refractivity contribution in [1.29, 1.82) is 0 Å². The summed E-state index contributed by atoms with van der Waals surface area (Å²) in [5, 5.41) is 13.2. The monoisotopic (exact) mass is 334 g/mol. The van der Waals surface area contributed by atoms with Crippen molar-refractivity contribution in [2.45, 2.75) is 0 Å². The smallest absolute Gasteiger partial charge is 0.225 e. The molecular weight excluding hydrogens is 316 g/mol. The number of anilines is 1. The molecule has 0 amide bonds. The minimum absolute atomic E-state index is 0.180. The van der Waals surface area contributed by atoms with Crippen molar-refractivity contribution in [3.63, 3.8) is 0 Å². The zero-order chi connectivity index (χ0) is 17.6. The highest BCUT2D eigenvalue weighted by molar-refractivity contribution is 5.90. The van der Waals surface area contributed by atoms with Crippen molar-refractivity contribution in [3.8, 4) is 17.3 Å². The lowest BCUT2D eigenvalue weighted by Gasteiger charge is -2.11. The van der Waals surface area contributed by atoms with E-state index >= 15 is 0 Å². The predicted octanol–water partition coefficient (Wildman–Crippen LogP) is 3.35. The number of aromatic nitrogens is 3. The van der Waals surface area contributed by atoms with Gasteiger partial charge in [-0.3, -0.25) is 4.57 Å². The summed E-state index contributed by atoms with van der Waals surface area (Å²) in [6, 6.07) is 11.5. The third-order valence-corrected chi connectivity index (χ3v) is 4.23. The highest BCUT2D eigenvalue weighted by Crippen LogP contribution is 2.33. The van der Waals surface area contributed by atoms with E-state index in [1.165, 1.54) is 0 Å². The number of ether oxygens (including phenoxy) is 1. The van der Waals surface area contributed by atoms with Gasteiger partial charge in [-0.2, -0.15) is 0 Å². The molecule has 0 aliphatic rings. The summed E-state index contributed by atoms with van der Waals surface area (Å²) in [4.78, 5) is 10.7. The average Bonchev–Trinajstić information content (AvgIpc) is 2.97. The molecule has 0 radical (unpaired) electrons. The lowest BCUT2D eigenvalue weighted by molar-refractivity contribution is 0.414. The number of benzene rings is 2. The van der Waals surface area contributed by atoms with E-state index in [2.05, 4.69) is 9.97 Å². The van der Waals surface area contributed by atoms with Crippen LogP contribution in [-0.4, -0.2) is 40.8 Å². The van der Waals surface area contributed by atoms with Gasteiger partial charge in [0.05, 0.1) is 12.6 Å². The SMILES string of the molecule is COc1ccc2cn(-c3ccc4nc(N(C)C)ncc4c3)c(O)c2c1. The van der Waals surface area contributed by atoms with Crippen LogP contribution >= 0.6 is 0 Å². The molecule has 0 spiro atoms. The molecule has 2 heterocycles. The second-order valence-corrected chi connectivity index (χ2v) is 6.08. The van der Waals surface area contributed by atoms with Gasteiger partial charge in [0, 0.05) is 48.3 Å². The molecule has 4 rings (SSSR count). The van der Waals surface area contributed by atoms with E-state index in [9.17, 15) is 5.11 Å². The van der Waals surface area contributed by atoms with Gasteiger partial charge in [-0.05, 0) is 36.4 Å². The Hall–Kier alpha value is -3.28. The van der Waals surface area contributed by atoms with Gasteiger partial charge in [0.25, 0.3) is 0 Å². The van der Waals surface area contributed by atoms with E-state index < -0.39 is 0 Å². The summed E-state index contributed by atoms with van der Waals surface area (Å²) >= 11 is 0. The Bertz CT molecular complexity index is 1090. The Labute approximate surface area is 144 Å². The summed E-state index contributed by atoms with van der Waals surface area (Å²) in [5.41, 5.74) is 1.71. The predicted molar refractivity (Wildman–Crippen MR) is 98.9 cm³/mol. The first-order valence-electron chi connectivity index (χ1n) is 7.89. The Morgan fingerprint density at radius 1 is 1.08 bits per heavy atom. The average molecular weight is 334 g/mol. The number of nitrogens with zero attached hydrogens (tertiary/aromatic N) is 4. The topological polar surface area (TPSA) is 63.4 Å². The maximum Gasteiger partial charge on any atom is 0.225 e. The summed E-state index contributed by atoms with van der Waals surface area (Å²) < 4.78 is 6.99.